The van der Waals surface area contributed by atoms with E-state index in [1.165, 1.54) is 12.2 Å². The van der Waals surface area contributed by atoms with Gasteiger partial charge in [-0.1, -0.05) is 64.1 Å². The molecule has 0 radical (unpaired) electrons. The Morgan fingerprint density at radius 3 is 2.45 bits per heavy atom. The zero-order valence-corrected chi connectivity index (χ0v) is 27.6. The highest BCUT2D eigenvalue weighted by atomic mass is 19.4. The van der Waals surface area contributed by atoms with Crippen LogP contribution in [0.4, 0.5) is 13.2 Å². The van der Waals surface area contributed by atoms with E-state index in [4.69, 9.17) is 4.99 Å². The van der Waals surface area contributed by atoms with Crippen molar-refractivity contribution in [2.24, 2.45) is 28.2 Å². The van der Waals surface area contributed by atoms with Gasteiger partial charge in [0, 0.05) is 17.9 Å². The SMILES string of the molecule is CC(C)C1CCC2(CC1)N=C(C1C=CC=C(OC(F)(F)F)C1)C(=O)N2C(CCC(C)(C)C)c1ccc(C(=O)NCc2nn[nH]n2)cc1. The van der Waals surface area contributed by atoms with E-state index < -0.39 is 17.9 Å². The van der Waals surface area contributed by atoms with Gasteiger partial charge in [0.05, 0.1) is 12.6 Å². The number of rotatable bonds is 10. The summed E-state index contributed by atoms with van der Waals surface area (Å²) in [6.07, 6.45) is 4.22. The van der Waals surface area contributed by atoms with Crippen LogP contribution in [-0.4, -0.2) is 55.1 Å². The predicted octanol–water partition coefficient (Wildman–Crippen LogP) is 6.82. The highest BCUT2D eigenvalue weighted by Crippen LogP contribution is 2.49. The van der Waals surface area contributed by atoms with Gasteiger partial charge >= 0.3 is 6.36 Å². The first-order valence-electron chi connectivity index (χ1n) is 16.3. The molecule has 3 aliphatic rings. The minimum Gasteiger partial charge on any atom is -0.410 e. The molecular weight excluding hydrogens is 611 g/mol. The number of allylic oxidation sites excluding steroid dienone is 4. The molecular formula is C34H44F3N7O3. The molecule has 1 saturated carbocycles. The Balaban J connectivity index is 1.46. The first-order valence-corrected chi connectivity index (χ1v) is 16.3. The standard InChI is InChI=1S/C34H44F3N7O3/c1-21(2)22-13-17-33(18-14-22)39-29(25-7-6-8-26(19-25)47-34(35,36)37)31(46)44(33)27(15-16-32(3,4)5)23-9-11-24(12-10-23)30(45)38-20-28-40-42-43-41-28/h6-12,21-22,25,27H,13-20H2,1-5H3,(H,38,45)(H,40,41,42,43). The van der Waals surface area contributed by atoms with Crippen LogP contribution in [0, 0.1) is 23.2 Å². The van der Waals surface area contributed by atoms with E-state index in [2.05, 4.69) is 65.3 Å². The molecule has 10 nitrogen and oxygen atoms in total. The van der Waals surface area contributed by atoms with Gasteiger partial charge in [-0.25, -0.2) is 0 Å². The number of halogens is 3. The highest BCUT2D eigenvalue weighted by Gasteiger charge is 2.53. The van der Waals surface area contributed by atoms with Gasteiger partial charge in [0.1, 0.15) is 17.1 Å². The zero-order chi connectivity index (χ0) is 34.0. The number of benzene rings is 1. The number of amides is 2. The van der Waals surface area contributed by atoms with Crippen molar-refractivity contribution in [1.82, 2.24) is 30.8 Å². The molecule has 2 aromatic rings. The lowest BCUT2D eigenvalue weighted by Crippen LogP contribution is -2.51. The molecule has 1 aliphatic heterocycles. The number of hydrogen-bond donors (Lipinski definition) is 2. The Kier molecular flexibility index (Phi) is 9.93. The Morgan fingerprint density at radius 2 is 1.85 bits per heavy atom. The van der Waals surface area contributed by atoms with Crippen LogP contribution in [0.5, 0.6) is 0 Å². The van der Waals surface area contributed by atoms with Crippen molar-refractivity contribution in [2.75, 3.05) is 0 Å². The van der Waals surface area contributed by atoms with Gasteiger partial charge in [0.15, 0.2) is 5.82 Å². The van der Waals surface area contributed by atoms with Crippen LogP contribution in [0.1, 0.15) is 107 Å². The third kappa shape index (κ3) is 8.28. The van der Waals surface area contributed by atoms with Crippen molar-refractivity contribution in [3.05, 3.63) is 65.2 Å². The molecule has 47 heavy (non-hydrogen) atoms. The molecule has 2 N–H and O–H groups in total. The molecule has 254 valence electrons. The van der Waals surface area contributed by atoms with E-state index in [0.29, 0.717) is 42.5 Å². The second kappa shape index (κ2) is 13.6. The van der Waals surface area contributed by atoms with Crippen LogP contribution in [-0.2, 0) is 16.1 Å². The third-order valence-corrected chi connectivity index (χ3v) is 9.47. The molecule has 2 amide bonds. The number of ether oxygens (including phenoxy) is 1. The molecule has 13 heteroatoms. The maximum Gasteiger partial charge on any atom is 0.572 e. The van der Waals surface area contributed by atoms with Gasteiger partial charge < -0.3 is 15.0 Å². The molecule has 2 atom stereocenters. The molecule has 1 spiro atoms. The fraction of sp³-hybridized carbons (Fsp3) is 0.588. The largest absolute Gasteiger partial charge is 0.572 e. The number of carbonyl (C=O) groups excluding carboxylic acids is 2. The number of aliphatic imine (C=N–C) groups is 1. The number of H-pyrrole nitrogens is 1. The number of aromatic nitrogens is 4. The number of carbonyl (C=O) groups is 2. The summed E-state index contributed by atoms with van der Waals surface area (Å²) in [4.78, 5) is 34.6. The summed E-state index contributed by atoms with van der Waals surface area (Å²) in [5.41, 5.74) is 0.766. The molecule has 1 aromatic carbocycles. The van der Waals surface area contributed by atoms with E-state index in [-0.39, 0.29) is 47.7 Å². The number of nitrogens with one attached hydrogen (secondary N) is 2. The van der Waals surface area contributed by atoms with Gasteiger partial charge in [-0.15, -0.1) is 23.4 Å². The van der Waals surface area contributed by atoms with Gasteiger partial charge in [-0.3, -0.25) is 14.6 Å². The topological polar surface area (TPSA) is 125 Å². The summed E-state index contributed by atoms with van der Waals surface area (Å²) in [5.74, 6) is -0.0788. The number of aromatic amines is 1. The van der Waals surface area contributed by atoms with Crippen molar-refractivity contribution in [3.8, 4) is 0 Å². The average Bonchev–Trinajstić information content (AvgIpc) is 3.62. The summed E-state index contributed by atoms with van der Waals surface area (Å²) in [5, 5.41) is 16.3. The van der Waals surface area contributed by atoms with Gasteiger partial charge in [0.25, 0.3) is 11.8 Å². The Labute approximate surface area is 273 Å². The lowest BCUT2D eigenvalue weighted by molar-refractivity contribution is -0.306. The summed E-state index contributed by atoms with van der Waals surface area (Å²) >= 11 is 0. The number of nitrogens with zero attached hydrogens (tertiary/aromatic N) is 5. The monoisotopic (exact) mass is 655 g/mol. The molecule has 2 aliphatic carbocycles. The third-order valence-electron chi connectivity index (χ3n) is 9.47. The summed E-state index contributed by atoms with van der Waals surface area (Å²) in [6.45, 7) is 11.0. The number of hydrogen-bond acceptors (Lipinski definition) is 7. The van der Waals surface area contributed by atoms with Crippen LogP contribution >= 0.6 is 0 Å². The zero-order valence-electron chi connectivity index (χ0n) is 27.6. The van der Waals surface area contributed by atoms with Crippen LogP contribution in [0.2, 0.25) is 0 Å². The van der Waals surface area contributed by atoms with Crippen molar-refractivity contribution in [1.29, 1.82) is 0 Å². The van der Waals surface area contributed by atoms with Crippen LogP contribution < -0.4 is 5.32 Å². The van der Waals surface area contributed by atoms with Crippen LogP contribution in [0.3, 0.4) is 0 Å². The Morgan fingerprint density at radius 1 is 1.15 bits per heavy atom. The lowest BCUT2D eigenvalue weighted by Gasteiger charge is -2.46. The predicted molar refractivity (Wildman–Crippen MR) is 169 cm³/mol. The van der Waals surface area contributed by atoms with Crippen LogP contribution in [0.15, 0.2) is 53.2 Å². The van der Waals surface area contributed by atoms with Crippen LogP contribution in [0.25, 0.3) is 0 Å². The normalized spacial score (nSPS) is 24.0. The van der Waals surface area contributed by atoms with E-state index >= 15 is 0 Å². The van der Waals surface area contributed by atoms with E-state index in [1.54, 1.807) is 18.2 Å². The highest BCUT2D eigenvalue weighted by molar-refractivity contribution is 6.41. The summed E-state index contributed by atoms with van der Waals surface area (Å²) in [7, 11) is 0. The second-order valence-corrected chi connectivity index (χ2v) is 14.4. The smallest absolute Gasteiger partial charge is 0.410 e. The molecule has 5 rings (SSSR count). The molecule has 1 fully saturated rings. The quantitative estimate of drug-likeness (QED) is 0.290. The summed E-state index contributed by atoms with van der Waals surface area (Å²) in [6, 6.07) is 6.89. The number of alkyl halides is 3. The van der Waals surface area contributed by atoms with Gasteiger partial charge in [-0.2, -0.15) is 5.21 Å². The maximum atomic E-state index is 14.6. The minimum atomic E-state index is -4.82. The second-order valence-electron chi connectivity index (χ2n) is 14.4. The first kappa shape index (κ1) is 34.3. The van der Waals surface area contributed by atoms with E-state index in [9.17, 15) is 22.8 Å². The molecule has 0 bridgehead atoms. The van der Waals surface area contributed by atoms with E-state index in [0.717, 1.165) is 24.8 Å². The Bertz CT molecular complexity index is 1500. The van der Waals surface area contributed by atoms with Crippen molar-refractivity contribution in [2.45, 2.75) is 104 Å². The van der Waals surface area contributed by atoms with Crippen molar-refractivity contribution in [3.63, 3.8) is 0 Å². The molecule has 1 aromatic heterocycles. The molecule has 2 unspecified atom stereocenters. The number of tetrazole rings is 1. The van der Waals surface area contributed by atoms with Gasteiger partial charge in [-0.05, 0) is 79.5 Å². The first-order chi connectivity index (χ1) is 22.1. The maximum absolute atomic E-state index is 14.6. The average molecular weight is 656 g/mol. The van der Waals surface area contributed by atoms with Crippen molar-refractivity contribution < 1.29 is 27.5 Å². The summed E-state index contributed by atoms with van der Waals surface area (Å²) < 4.78 is 43.6. The van der Waals surface area contributed by atoms with Gasteiger partial charge in [0.2, 0.25) is 0 Å². The lowest BCUT2D eigenvalue weighted by atomic mass is 9.75. The molecule has 2 heterocycles. The van der Waals surface area contributed by atoms with E-state index in [1.807, 2.05) is 17.0 Å². The molecule has 0 saturated heterocycles. The fourth-order valence-electron chi connectivity index (χ4n) is 6.89. The fourth-order valence-corrected chi connectivity index (χ4v) is 6.89. The minimum absolute atomic E-state index is 0.0249. The Hall–Kier alpha value is -4.03. The van der Waals surface area contributed by atoms with Crippen molar-refractivity contribution >= 4 is 17.5 Å².